The standard InChI is InChI=1S/C17H18N2O2S/c1-4-9-21-14-7-5-13(6-8-14)16(20)19-17-15(10-18)11(2)12(3)22-17/h5-8H,4,9H2,1-3H3,(H,19,20). The summed E-state index contributed by atoms with van der Waals surface area (Å²) in [5, 5.41) is 12.6. The van der Waals surface area contributed by atoms with E-state index in [0.29, 0.717) is 22.7 Å². The Hall–Kier alpha value is -2.32. The summed E-state index contributed by atoms with van der Waals surface area (Å²) in [4.78, 5) is 13.3. The third kappa shape index (κ3) is 3.46. The van der Waals surface area contributed by atoms with Gasteiger partial charge in [-0.15, -0.1) is 11.3 Å². The minimum absolute atomic E-state index is 0.222. The number of nitrogens with one attached hydrogen (secondary N) is 1. The number of aryl methyl sites for hydroxylation is 1. The van der Waals surface area contributed by atoms with E-state index in [0.717, 1.165) is 22.6 Å². The molecule has 0 bridgehead atoms. The van der Waals surface area contributed by atoms with E-state index in [1.54, 1.807) is 24.3 Å². The molecule has 114 valence electrons. The molecule has 0 radical (unpaired) electrons. The van der Waals surface area contributed by atoms with Crippen molar-refractivity contribution in [3.8, 4) is 11.8 Å². The van der Waals surface area contributed by atoms with Crippen LogP contribution in [-0.4, -0.2) is 12.5 Å². The van der Waals surface area contributed by atoms with Gasteiger partial charge in [0.05, 0.1) is 12.2 Å². The van der Waals surface area contributed by atoms with Crippen LogP contribution in [0.4, 0.5) is 5.00 Å². The van der Waals surface area contributed by atoms with Crippen LogP contribution >= 0.6 is 11.3 Å². The number of carbonyl (C=O) groups excluding carboxylic acids is 1. The van der Waals surface area contributed by atoms with Crippen molar-refractivity contribution in [2.24, 2.45) is 0 Å². The van der Waals surface area contributed by atoms with E-state index >= 15 is 0 Å². The Morgan fingerprint density at radius 2 is 2.00 bits per heavy atom. The van der Waals surface area contributed by atoms with Gasteiger partial charge in [0.25, 0.3) is 5.91 Å². The monoisotopic (exact) mass is 314 g/mol. The van der Waals surface area contributed by atoms with E-state index in [2.05, 4.69) is 11.4 Å². The van der Waals surface area contributed by atoms with Gasteiger partial charge >= 0.3 is 0 Å². The first-order chi connectivity index (χ1) is 10.6. The number of rotatable bonds is 5. The summed E-state index contributed by atoms with van der Waals surface area (Å²) in [6, 6.07) is 9.15. The topological polar surface area (TPSA) is 62.1 Å². The number of thiophene rings is 1. The fourth-order valence-corrected chi connectivity index (χ4v) is 2.95. The molecule has 0 fully saturated rings. The molecule has 1 heterocycles. The lowest BCUT2D eigenvalue weighted by Gasteiger charge is -2.06. The Kier molecular flexibility index (Phi) is 5.18. The van der Waals surface area contributed by atoms with Gasteiger partial charge in [0, 0.05) is 10.4 Å². The molecule has 4 nitrogen and oxygen atoms in total. The van der Waals surface area contributed by atoms with Gasteiger partial charge in [0.15, 0.2) is 0 Å². The van der Waals surface area contributed by atoms with Gasteiger partial charge < -0.3 is 10.1 Å². The molecule has 0 unspecified atom stereocenters. The second kappa shape index (κ2) is 7.10. The molecule has 1 N–H and O–H groups in total. The lowest BCUT2D eigenvalue weighted by molar-refractivity contribution is 0.102. The Bertz CT molecular complexity index is 711. The van der Waals surface area contributed by atoms with Crippen molar-refractivity contribution in [2.45, 2.75) is 27.2 Å². The van der Waals surface area contributed by atoms with Crippen LogP contribution in [-0.2, 0) is 0 Å². The average molecular weight is 314 g/mol. The largest absolute Gasteiger partial charge is 0.494 e. The first-order valence-corrected chi connectivity index (χ1v) is 7.92. The molecule has 2 rings (SSSR count). The number of nitrogens with zero attached hydrogens (tertiary/aromatic N) is 1. The highest BCUT2D eigenvalue weighted by molar-refractivity contribution is 7.16. The molecule has 0 aliphatic heterocycles. The van der Waals surface area contributed by atoms with Crippen molar-refractivity contribution in [3.63, 3.8) is 0 Å². The van der Waals surface area contributed by atoms with Gasteiger partial charge in [-0.25, -0.2) is 0 Å². The molecule has 0 aliphatic carbocycles. The maximum Gasteiger partial charge on any atom is 0.256 e. The van der Waals surface area contributed by atoms with E-state index in [4.69, 9.17) is 4.74 Å². The summed E-state index contributed by atoms with van der Waals surface area (Å²) in [7, 11) is 0. The quantitative estimate of drug-likeness (QED) is 0.896. The maximum absolute atomic E-state index is 12.3. The molecular weight excluding hydrogens is 296 g/mol. The van der Waals surface area contributed by atoms with Crippen LogP contribution in [0.1, 0.15) is 39.7 Å². The number of anilines is 1. The molecule has 22 heavy (non-hydrogen) atoms. The van der Waals surface area contributed by atoms with E-state index in [9.17, 15) is 10.1 Å². The van der Waals surface area contributed by atoms with Crippen LogP contribution in [0.5, 0.6) is 5.75 Å². The summed E-state index contributed by atoms with van der Waals surface area (Å²) < 4.78 is 5.49. The molecular formula is C17H18N2O2S. The minimum Gasteiger partial charge on any atom is -0.494 e. The number of ether oxygens (including phenoxy) is 1. The van der Waals surface area contributed by atoms with Crippen molar-refractivity contribution in [1.82, 2.24) is 0 Å². The highest BCUT2D eigenvalue weighted by Crippen LogP contribution is 2.32. The molecule has 0 saturated heterocycles. The van der Waals surface area contributed by atoms with Crippen molar-refractivity contribution in [2.75, 3.05) is 11.9 Å². The zero-order chi connectivity index (χ0) is 16.1. The number of hydrogen-bond acceptors (Lipinski definition) is 4. The summed E-state index contributed by atoms with van der Waals surface area (Å²) >= 11 is 1.42. The molecule has 0 atom stereocenters. The first-order valence-electron chi connectivity index (χ1n) is 7.11. The lowest BCUT2D eigenvalue weighted by atomic mass is 10.1. The SMILES string of the molecule is CCCOc1ccc(C(=O)Nc2sc(C)c(C)c2C#N)cc1. The van der Waals surface area contributed by atoms with Crippen LogP contribution in [0.25, 0.3) is 0 Å². The third-order valence-corrected chi connectivity index (χ3v) is 4.44. The lowest BCUT2D eigenvalue weighted by Crippen LogP contribution is -2.11. The molecule has 0 spiro atoms. The summed E-state index contributed by atoms with van der Waals surface area (Å²) in [5.41, 5.74) is 2.00. The van der Waals surface area contributed by atoms with Gasteiger partial charge in [0.1, 0.15) is 16.8 Å². The first kappa shape index (κ1) is 16.1. The van der Waals surface area contributed by atoms with Crippen LogP contribution < -0.4 is 10.1 Å². The van der Waals surface area contributed by atoms with Crippen molar-refractivity contribution >= 4 is 22.2 Å². The van der Waals surface area contributed by atoms with Crippen LogP contribution in [0, 0.1) is 25.2 Å². The fourth-order valence-electron chi connectivity index (χ4n) is 1.95. The van der Waals surface area contributed by atoms with Crippen LogP contribution in [0.3, 0.4) is 0 Å². The molecule has 1 aromatic heterocycles. The molecule has 0 saturated carbocycles. The Balaban J connectivity index is 2.13. The minimum atomic E-state index is -0.222. The highest BCUT2D eigenvalue weighted by Gasteiger charge is 2.15. The van der Waals surface area contributed by atoms with Crippen LogP contribution in [0.2, 0.25) is 0 Å². The van der Waals surface area contributed by atoms with E-state index in [1.807, 2.05) is 20.8 Å². The number of amides is 1. The normalized spacial score (nSPS) is 10.1. The van der Waals surface area contributed by atoms with Crippen molar-refractivity contribution in [3.05, 3.63) is 45.8 Å². The smallest absolute Gasteiger partial charge is 0.256 e. The zero-order valence-electron chi connectivity index (χ0n) is 12.9. The number of nitriles is 1. The maximum atomic E-state index is 12.3. The molecule has 5 heteroatoms. The fraction of sp³-hybridized carbons (Fsp3) is 0.294. The van der Waals surface area contributed by atoms with Crippen molar-refractivity contribution < 1.29 is 9.53 Å². The van der Waals surface area contributed by atoms with Gasteiger partial charge in [0.2, 0.25) is 0 Å². The zero-order valence-corrected chi connectivity index (χ0v) is 13.7. The summed E-state index contributed by atoms with van der Waals surface area (Å²) in [6.45, 7) is 6.53. The average Bonchev–Trinajstić information content (AvgIpc) is 2.79. The predicted molar refractivity (Wildman–Crippen MR) is 88.7 cm³/mol. The van der Waals surface area contributed by atoms with E-state index in [1.165, 1.54) is 11.3 Å². The van der Waals surface area contributed by atoms with Gasteiger partial charge in [-0.2, -0.15) is 5.26 Å². The molecule has 2 aromatic rings. The van der Waals surface area contributed by atoms with E-state index in [-0.39, 0.29) is 5.91 Å². The number of hydrogen-bond donors (Lipinski definition) is 1. The second-order valence-corrected chi connectivity index (χ2v) is 6.15. The molecule has 0 aliphatic rings. The van der Waals surface area contributed by atoms with Gasteiger partial charge in [-0.05, 0) is 50.1 Å². The Labute approximate surface area is 134 Å². The second-order valence-electron chi connectivity index (χ2n) is 4.93. The molecule has 1 aromatic carbocycles. The summed E-state index contributed by atoms with van der Waals surface area (Å²) in [6.07, 6.45) is 0.941. The number of carbonyl (C=O) groups is 1. The Morgan fingerprint density at radius 1 is 1.32 bits per heavy atom. The highest BCUT2D eigenvalue weighted by atomic mass is 32.1. The summed E-state index contributed by atoms with van der Waals surface area (Å²) in [5.74, 6) is 0.527. The predicted octanol–water partition coefficient (Wildman–Crippen LogP) is 4.28. The van der Waals surface area contributed by atoms with Crippen molar-refractivity contribution in [1.29, 1.82) is 5.26 Å². The molecule has 1 amide bonds. The third-order valence-electron chi connectivity index (χ3n) is 3.31. The van der Waals surface area contributed by atoms with Gasteiger partial charge in [-0.3, -0.25) is 4.79 Å². The van der Waals surface area contributed by atoms with E-state index < -0.39 is 0 Å². The van der Waals surface area contributed by atoms with Crippen LogP contribution in [0.15, 0.2) is 24.3 Å². The number of benzene rings is 1. The van der Waals surface area contributed by atoms with Gasteiger partial charge in [-0.1, -0.05) is 6.92 Å². The Morgan fingerprint density at radius 3 is 2.59 bits per heavy atom.